The van der Waals surface area contributed by atoms with Crippen LogP contribution in [0.2, 0.25) is 0 Å². The van der Waals surface area contributed by atoms with Crippen molar-refractivity contribution >= 4 is 0 Å². The summed E-state index contributed by atoms with van der Waals surface area (Å²) in [5, 5.41) is 4.45. The fourth-order valence-electron chi connectivity index (χ4n) is 2.29. The largest absolute Gasteiger partial charge is 0.381 e. The van der Waals surface area contributed by atoms with Crippen molar-refractivity contribution < 1.29 is 4.74 Å². The average Bonchev–Trinajstić information content (AvgIpc) is 2.93. The lowest BCUT2D eigenvalue weighted by Crippen LogP contribution is -2.26. The van der Waals surface area contributed by atoms with E-state index in [1.807, 2.05) is 7.05 Å². The molecule has 2 fully saturated rings. The van der Waals surface area contributed by atoms with E-state index in [1.165, 1.54) is 12.8 Å². The van der Waals surface area contributed by atoms with Crippen molar-refractivity contribution in [1.82, 2.24) is 14.3 Å². The number of hydrogen-bond acceptors (Lipinski definition) is 3. The monoisotopic (exact) mass is 223 g/mol. The van der Waals surface area contributed by atoms with Crippen LogP contribution in [-0.4, -0.2) is 27.6 Å². The first-order chi connectivity index (χ1) is 7.75. The second-order valence-corrected chi connectivity index (χ2v) is 4.89. The summed E-state index contributed by atoms with van der Waals surface area (Å²) in [4.78, 5) is 11.9. The van der Waals surface area contributed by atoms with Crippen molar-refractivity contribution in [2.75, 3.05) is 13.2 Å². The van der Waals surface area contributed by atoms with E-state index in [9.17, 15) is 4.79 Å². The molecule has 0 radical (unpaired) electrons. The van der Waals surface area contributed by atoms with Gasteiger partial charge in [0.15, 0.2) is 0 Å². The van der Waals surface area contributed by atoms with Crippen LogP contribution in [0.4, 0.5) is 0 Å². The molecule has 1 aliphatic carbocycles. The maximum Gasteiger partial charge on any atom is 0.345 e. The van der Waals surface area contributed by atoms with Crippen LogP contribution in [0.25, 0.3) is 0 Å². The third kappa shape index (κ3) is 1.69. The van der Waals surface area contributed by atoms with Gasteiger partial charge in [0.25, 0.3) is 0 Å². The molecule has 3 rings (SSSR count). The summed E-state index contributed by atoms with van der Waals surface area (Å²) >= 11 is 0. The highest BCUT2D eigenvalue weighted by Crippen LogP contribution is 2.38. The van der Waals surface area contributed by atoms with Gasteiger partial charge in [-0.15, -0.1) is 0 Å². The van der Waals surface area contributed by atoms with Gasteiger partial charge in [-0.3, -0.25) is 4.57 Å². The minimum absolute atomic E-state index is 0.0220. The molecule has 5 heteroatoms. The van der Waals surface area contributed by atoms with Gasteiger partial charge in [-0.1, -0.05) is 0 Å². The Balaban J connectivity index is 1.83. The van der Waals surface area contributed by atoms with Gasteiger partial charge in [0.1, 0.15) is 5.82 Å². The summed E-state index contributed by atoms with van der Waals surface area (Å²) in [5.41, 5.74) is 0.0220. The normalized spacial score (nSPS) is 25.2. The second kappa shape index (κ2) is 3.73. The van der Waals surface area contributed by atoms with Crippen molar-refractivity contribution in [3.8, 4) is 0 Å². The zero-order valence-corrected chi connectivity index (χ0v) is 9.56. The van der Waals surface area contributed by atoms with Crippen LogP contribution in [0.1, 0.15) is 31.0 Å². The summed E-state index contributed by atoms with van der Waals surface area (Å²) < 4.78 is 8.64. The second-order valence-electron chi connectivity index (χ2n) is 4.89. The van der Waals surface area contributed by atoms with E-state index in [2.05, 4.69) is 5.10 Å². The Labute approximate surface area is 94.0 Å². The predicted molar refractivity (Wildman–Crippen MR) is 58.4 cm³/mol. The van der Waals surface area contributed by atoms with E-state index >= 15 is 0 Å². The van der Waals surface area contributed by atoms with Crippen molar-refractivity contribution in [2.24, 2.45) is 13.0 Å². The Kier molecular flexibility index (Phi) is 2.35. The molecule has 16 heavy (non-hydrogen) atoms. The Morgan fingerprint density at radius 2 is 2.25 bits per heavy atom. The molecule has 0 amide bonds. The van der Waals surface area contributed by atoms with Gasteiger partial charge in [-0.25, -0.2) is 9.48 Å². The summed E-state index contributed by atoms with van der Waals surface area (Å²) in [6.45, 7) is 2.29. The number of aromatic nitrogens is 3. The van der Waals surface area contributed by atoms with Crippen LogP contribution in [0.15, 0.2) is 4.79 Å². The molecule has 1 aliphatic heterocycles. The predicted octanol–water partition coefficient (Wildman–Crippen LogP) is 0.496. The average molecular weight is 223 g/mol. The Hall–Kier alpha value is -1.10. The quantitative estimate of drug-likeness (QED) is 0.749. The number of nitrogens with zero attached hydrogens (tertiary/aromatic N) is 3. The molecule has 1 aromatic heterocycles. The maximum atomic E-state index is 11.9. The van der Waals surface area contributed by atoms with Gasteiger partial charge in [-0.05, 0) is 19.3 Å². The van der Waals surface area contributed by atoms with Crippen LogP contribution in [-0.2, 0) is 18.3 Å². The van der Waals surface area contributed by atoms with Crippen LogP contribution in [0.5, 0.6) is 0 Å². The van der Waals surface area contributed by atoms with Gasteiger partial charge in [0.05, 0.1) is 13.2 Å². The number of hydrogen-bond donors (Lipinski definition) is 0. The molecule has 0 aromatic carbocycles. The minimum Gasteiger partial charge on any atom is -0.381 e. The molecule has 1 saturated heterocycles. The lowest BCUT2D eigenvalue weighted by molar-refractivity contribution is 0.181. The molecule has 0 spiro atoms. The maximum absolute atomic E-state index is 11.9. The standard InChI is InChI=1S/C11H17N3O2/c1-13-10(9-2-3-9)12-14(11(13)15)6-8-4-5-16-7-8/h8-9H,2-7H2,1H3. The third-order valence-corrected chi connectivity index (χ3v) is 3.47. The molecule has 1 unspecified atom stereocenters. The first-order valence-corrected chi connectivity index (χ1v) is 5.97. The summed E-state index contributed by atoms with van der Waals surface area (Å²) in [6.07, 6.45) is 3.40. The van der Waals surface area contributed by atoms with Gasteiger partial charge in [0, 0.05) is 25.5 Å². The van der Waals surface area contributed by atoms with Gasteiger partial charge >= 0.3 is 5.69 Å². The fourth-order valence-corrected chi connectivity index (χ4v) is 2.29. The van der Waals surface area contributed by atoms with E-state index in [4.69, 9.17) is 4.74 Å². The third-order valence-electron chi connectivity index (χ3n) is 3.47. The van der Waals surface area contributed by atoms with Crippen LogP contribution < -0.4 is 5.69 Å². The van der Waals surface area contributed by atoms with Gasteiger partial charge in [0.2, 0.25) is 0 Å². The van der Waals surface area contributed by atoms with Crippen molar-refractivity contribution in [3.05, 3.63) is 16.3 Å². The summed E-state index contributed by atoms with van der Waals surface area (Å²) in [5.74, 6) is 1.95. The van der Waals surface area contributed by atoms with Gasteiger partial charge in [-0.2, -0.15) is 5.10 Å². The van der Waals surface area contributed by atoms with Crippen LogP contribution >= 0.6 is 0 Å². The Morgan fingerprint density at radius 1 is 1.44 bits per heavy atom. The van der Waals surface area contributed by atoms with E-state index in [0.29, 0.717) is 18.4 Å². The van der Waals surface area contributed by atoms with Crippen molar-refractivity contribution in [1.29, 1.82) is 0 Å². The molecular formula is C11H17N3O2. The van der Waals surface area contributed by atoms with Crippen LogP contribution in [0.3, 0.4) is 0 Å². The van der Waals surface area contributed by atoms with E-state index in [1.54, 1.807) is 9.25 Å². The molecule has 88 valence electrons. The first-order valence-electron chi connectivity index (χ1n) is 5.97. The molecule has 0 N–H and O–H groups in total. The molecule has 1 aromatic rings. The highest BCUT2D eigenvalue weighted by Gasteiger charge is 2.30. The molecule has 2 heterocycles. The highest BCUT2D eigenvalue weighted by atomic mass is 16.5. The highest BCUT2D eigenvalue weighted by molar-refractivity contribution is 5.04. The minimum atomic E-state index is 0.0220. The molecule has 1 atom stereocenters. The Morgan fingerprint density at radius 3 is 2.88 bits per heavy atom. The molecule has 2 aliphatic rings. The van der Waals surface area contributed by atoms with E-state index < -0.39 is 0 Å². The summed E-state index contributed by atoms with van der Waals surface area (Å²) in [7, 11) is 1.82. The topological polar surface area (TPSA) is 49.0 Å². The molecular weight excluding hydrogens is 206 g/mol. The molecule has 1 saturated carbocycles. The van der Waals surface area contributed by atoms with Crippen molar-refractivity contribution in [2.45, 2.75) is 31.7 Å². The van der Waals surface area contributed by atoms with Crippen LogP contribution in [0, 0.1) is 5.92 Å². The molecule has 5 nitrogen and oxygen atoms in total. The van der Waals surface area contributed by atoms with Crippen molar-refractivity contribution in [3.63, 3.8) is 0 Å². The van der Waals surface area contributed by atoms with Gasteiger partial charge < -0.3 is 4.74 Å². The zero-order valence-electron chi connectivity index (χ0n) is 9.56. The first kappa shape index (κ1) is 10.1. The van der Waals surface area contributed by atoms with E-state index in [0.717, 1.165) is 25.5 Å². The van der Waals surface area contributed by atoms with E-state index in [-0.39, 0.29) is 5.69 Å². The lowest BCUT2D eigenvalue weighted by atomic mass is 10.1. The number of rotatable bonds is 3. The SMILES string of the molecule is Cn1c(C2CC2)nn(CC2CCOC2)c1=O. The Bertz CT molecular complexity index is 439. The summed E-state index contributed by atoms with van der Waals surface area (Å²) in [6, 6.07) is 0. The fraction of sp³-hybridized carbons (Fsp3) is 0.818. The zero-order chi connectivity index (χ0) is 11.1. The number of ether oxygens (including phenoxy) is 1. The smallest absolute Gasteiger partial charge is 0.345 e. The molecule has 0 bridgehead atoms. The lowest BCUT2D eigenvalue weighted by Gasteiger charge is -2.04.